The van der Waals surface area contributed by atoms with E-state index >= 15 is 0 Å². The van der Waals surface area contributed by atoms with Crippen LogP contribution in [0.1, 0.15) is 92.9 Å². The highest BCUT2D eigenvalue weighted by Crippen LogP contribution is 2.66. The van der Waals surface area contributed by atoms with Crippen molar-refractivity contribution in [3.63, 3.8) is 0 Å². The van der Waals surface area contributed by atoms with E-state index in [1.807, 2.05) is 5.57 Å². The normalized spacial score (nSPS) is 46.8. The van der Waals surface area contributed by atoms with Gasteiger partial charge in [0.05, 0.1) is 6.10 Å². The van der Waals surface area contributed by atoms with E-state index in [1.54, 1.807) is 0 Å². The van der Waals surface area contributed by atoms with Gasteiger partial charge in [-0.05, 0) is 104 Å². The monoisotopic (exact) mass is 398 g/mol. The fourth-order valence-corrected chi connectivity index (χ4v) is 8.10. The Morgan fingerprint density at radius 3 is 2.34 bits per heavy atom. The molecule has 0 unspecified atom stereocenters. The van der Waals surface area contributed by atoms with Crippen LogP contribution in [0.2, 0.25) is 0 Å². The van der Waals surface area contributed by atoms with Gasteiger partial charge in [-0.1, -0.05) is 65.3 Å². The van der Waals surface area contributed by atoms with Crippen LogP contribution >= 0.6 is 0 Å². The van der Waals surface area contributed by atoms with Crippen molar-refractivity contribution >= 4 is 0 Å². The van der Waals surface area contributed by atoms with Gasteiger partial charge in [-0.2, -0.15) is 0 Å². The fourth-order valence-electron chi connectivity index (χ4n) is 8.10. The number of fused-ring (bicyclic) bond motifs is 5. The maximum Gasteiger partial charge on any atom is 0.0543 e. The van der Waals surface area contributed by atoms with Crippen LogP contribution in [0.4, 0.5) is 0 Å². The minimum atomic E-state index is -0.0476. The molecule has 4 aliphatic rings. The summed E-state index contributed by atoms with van der Waals surface area (Å²) in [5, 5.41) is 10.2. The third kappa shape index (κ3) is 3.58. The van der Waals surface area contributed by atoms with E-state index in [2.05, 4.69) is 59.8 Å². The van der Waals surface area contributed by atoms with Gasteiger partial charge < -0.3 is 5.11 Å². The fraction of sp³-hybridized carbons (Fsp3) is 0.857. The lowest BCUT2D eigenvalue weighted by Gasteiger charge is -2.57. The summed E-state index contributed by atoms with van der Waals surface area (Å²) >= 11 is 0. The van der Waals surface area contributed by atoms with Crippen LogP contribution in [0.15, 0.2) is 23.8 Å². The van der Waals surface area contributed by atoms with E-state index in [-0.39, 0.29) is 6.10 Å². The van der Waals surface area contributed by atoms with E-state index < -0.39 is 0 Å². The third-order valence-corrected chi connectivity index (χ3v) is 10.5. The minimum Gasteiger partial charge on any atom is -0.393 e. The van der Waals surface area contributed by atoms with Crippen LogP contribution in [-0.4, -0.2) is 11.2 Å². The summed E-state index contributed by atoms with van der Waals surface area (Å²) in [7, 11) is 0. The van der Waals surface area contributed by atoms with Crippen molar-refractivity contribution < 1.29 is 5.11 Å². The Labute approximate surface area is 180 Å². The van der Waals surface area contributed by atoms with Gasteiger partial charge in [0.15, 0.2) is 0 Å². The van der Waals surface area contributed by atoms with Gasteiger partial charge in [0.1, 0.15) is 0 Å². The highest BCUT2D eigenvalue weighted by Gasteiger charge is 2.57. The van der Waals surface area contributed by atoms with E-state index in [1.165, 1.54) is 38.5 Å². The zero-order chi connectivity index (χ0) is 21.0. The van der Waals surface area contributed by atoms with Gasteiger partial charge in [0.2, 0.25) is 0 Å². The van der Waals surface area contributed by atoms with Crippen LogP contribution in [0.25, 0.3) is 0 Å². The Balaban J connectivity index is 1.54. The quantitative estimate of drug-likeness (QED) is 0.489. The molecular weight excluding hydrogens is 352 g/mol. The average molecular weight is 399 g/mol. The smallest absolute Gasteiger partial charge is 0.0543 e. The standard InChI is InChI=1S/C28H46O/c1-18(2)19(3)7-8-20(4)24-11-12-25-23-10-9-21-17-22(29)13-15-27(21,5)26(23)14-16-28(24,25)6/h7-8,10,18-22,24-26,29H,9,11-17H2,1-6H3/b8-7+/t19-,20+,21-,22+,24-,25+,26+,27+,28-/m1/s1. The molecule has 9 atom stereocenters. The first-order chi connectivity index (χ1) is 13.7. The van der Waals surface area contributed by atoms with E-state index in [9.17, 15) is 5.11 Å². The summed E-state index contributed by atoms with van der Waals surface area (Å²) < 4.78 is 0. The van der Waals surface area contributed by atoms with Crippen molar-refractivity contribution in [1.29, 1.82) is 0 Å². The number of hydrogen-bond acceptors (Lipinski definition) is 1. The molecule has 0 radical (unpaired) electrons. The molecule has 1 heteroatoms. The van der Waals surface area contributed by atoms with E-state index in [0.29, 0.717) is 28.6 Å². The highest BCUT2D eigenvalue weighted by molar-refractivity contribution is 5.28. The van der Waals surface area contributed by atoms with Gasteiger partial charge in [-0.25, -0.2) is 0 Å². The van der Waals surface area contributed by atoms with Crippen LogP contribution in [0.3, 0.4) is 0 Å². The first kappa shape index (κ1) is 21.7. The van der Waals surface area contributed by atoms with Crippen molar-refractivity contribution in [3.05, 3.63) is 23.8 Å². The summed E-state index contributed by atoms with van der Waals surface area (Å²) in [6, 6.07) is 0. The Kier molecular flexibility index (Phi) is 5.86. The molecular formula is C28H46O. The van der Waals surface area contributed by atoms with E-state index in [0.717, 1.165) is 36.5 Å². The molecule has 4 aliphatic carbocycles. The molecule has 0 heterocycles. The molecule has 0 spiro atoms. The first-order valence-corrected chi connectivity index (χ1v) is 12.7. The second-order valence-electron chi connectivity index (χ2n) is 12.3. The predicted molar refractivity (Wildman–Crippen MR) is 124 cm³/mol. The van der Waals surface area contributed by atoms with Crippen molar-refractivity contribution in [1.82, 2.24) is 0 Å². The molecule has 1 N–H and O–H groups in total. The summed E-state index contributed by atoms with van der Waals surface area (Å²) in [5.41, 5.74) is 2.79. The van der Waals surface area contributed by atoms with Gasteiger partial charge in [-0.3, -0.25) is 0 Å². The molecule has 0 aromatic rings. The Hall–Kier alpha value is -0.560. The summed E-state index contributed by atoms with van der Waals surface area (Å²) in [6.45, 7) is 14.7. The minimum absolute atomic E-state index is 0.0476. The molecule has 0 amide bonds. The molecule has 0 aliphatic heterocycles. The van der Waals surface area contributed by atoms with Gasteiger partial charge in [-0.15, -0.1) is 0 Å². The second kappa shape index (κ2) is 7.85. The van der Waals surface area contributed by atoms with Crippen LogP contribution in [0.5, 0.6) is 0 Å². The molecule has 0 aromatic heterocycles. The average Bonchev–Trinajstić information content (AvgIpc) is 3.03. The Morgan fingerprint density at radius 1 is 0.931 bits per heavy atom. The molecule has 29 heavy (non-hydrogen) atoms. The largest absolute Gasteiger partial charge is 0.393 e. The maximum absolute atomic E-state index is 10.2. The summed E-state index contributed by atoms with van der Waals surface area (Å²) in [4.78, 5) is 0. The zero-order valence-corrected chi connectivity index (χ0v) is 20.0. The molecule has 3 saturated carbocycles. The van der Waals surface area contributed by atoms with Crippen LogP contribution < -0.4 is 0 Å². The number of rotatable bonds is 4. The van der Waals surface area contributed by atoms with Crippen molar-refractivity contribution in [2.75, 3.05) is 0 Å². The number of aliphatic hydroxyl groups excluding tert-OH is 1. The molecule has 4 rings (SSSR count). The number of hydrogen-bond donors (Lipinski definition) is 1. The van der Waals surface area contributed by atoms with Gasteiger partial charge in [0, 0.05) is 0 Å². The molecule has 0 saturated heterocycles. The topological polar surface area (TPSA) is 20.2 Å². The van der Waals surface area contributed by atoms with Gasteiger partial charge in [0.25, 0.3) is 0 Å². The molecule has 3 fully saturated rings. The lowest BCUT2D eigenvalue weighted by molar-refractivity contribution is -0.0414. The SMILES string of the molecule is CC(C)[C@H](C)/C=C/[C@H](C)[C@H]1CC[C@H]2C3=CC[C@@H]4C[C@@H](O)CC[C@]4(C)[C@H]3CC[C@]12C. The Morgan fingerprint density at radius 2 is 1.62 bits per heavy atom. The Bertz CT molecular complexity index is 659. The highest BCUT2D eigenvalue weighted by atomic mass is 16.3. The maximum atomic E-state index is 10.2. The van der Waals surface area contributed by atoms with Gasteiger partial charge >= 0.3 is 0 Å². The first-order valence-electron chi connectivity index (χ1n) is 12.7. The summed E-state index contributed by atoms with van der Waals surface area (Å²) in [5.74, 6) is 5.25. The lowest BCUT2D eigenvalue weighted by atomic mass is 9.47. The molecule has 0 bridgehead atoms. The second-order valence-corrected chi connectivity index (χ2v) is 12.3. The molecule has 1 nitrogen and oxygen atoms in total. The summed E-state index contributed by atoms with van der Waals surface area (Å²) in [6.07, 6.45) is 17.8. The molecule has 0 aromatic carbocycles. The van der Waals surface area contributed by atoms with E-state index in [4.69, 9.17) is 0 Å². The van der Waals surface area contributed by atoms with Crippen LogP contribution in [-0.2, 0) is 0 Å². The van der Waals surface area contributed by atoms with Crippen molar-refractivity contribution in [2.24, 2.45) is 52.3 Å². The zero-order valence-electron chi connectivity index (χ0n) is 20.0. The molecule has 164 valence electrons. The van der Waals surface area contributed by atoms with Crippen molar-refractivity contribution in [2.45, 2.75) is 99.0 Å². The lowest BCUT2D eigenvalue weighted by Crippen LogP contribution is -2.49. The number of aliphatic hydroxyl groups is 1. The van der Waals surface area contributed by atoms with Crippen molar-refractivity contribution in [3.8, 4) is 0 Å². The van der Waals surface area contributed by atoms with Crippen LogP contribution in [0, 0.1) is 52.3 Å². The number of allylic oxidation sites excluding steroid dienone is 4. The third-order valence-electron chi connectivity index (χ3n) is 10.5. The predicted octanol–water partition coefficient (Wildman–Crippen LogP) is 7.41.